The van der Waals surface area contributed by atoms with Crippen LogP contribution in [0.4, 0.5) is 11.9 Å². The van der Waals surface area contributed by atoms with Crippen LogP contribution >= 0.6 is 0 Å². The largest absolute Gasteiger partial charge is 0.467 e. The highest BCUT2D eigenvalue weighted by atomic mass is 32.2. The first-order valence-corrected chi connectivity index (χ1v) is 7.88. The van der Waals surface area contributed by atoms with Gasteiger partial charge in [0.2, 0.25) is 11.9 Å². The zero-order valence-electron chi connectivity index (χ0n) is 11.8. The summed E-state index contributed by atoms with van der Waals surface area (Å²) < 4.78 is 16.1. The van der Waals surface area contributed by atoms with Crippen LogP contribution in [0.3, 0.4) is 0 Å². The maximum Gasteiger partial charge on any atom is 0.322 e. The summed E-state index contributed by atoms with van der Waals surface area (Å²) in [6.45, 7) is 4.68. The number of hydrogen-bond donors (Lipinski definition) is 2. The Morgan fingerprint density at radius 2 is 2.00 bits per heavy atom. The molecule has 2 N–H and O–H groups in total. The molecule has 0 spiro atoms. The standard InChI is InChI=1S/C11H21N5O2S/c1-5-12-9-14-10(16-11(15-9)18-3)13-8(2)6-7-19(4)17/h8H,5-7H2,1-4H3,(H2,12,13,14,15,16). The van der Waals surface area contributed by atoms with Crippen LogP contribution in [-0.4, -0.2) is 50.9 Å². The molecule has 0 fully saturated rings. The van der Waals surface area contributed by atoms with E-state index in [-0.39, 0.29) is 12.1 Å². The van der Waals surface area contributed by atoms with Gasteiger partial charge >= 0.3 is 6.01 Å². The molecule has 2 unspecified atom stereocenters. The first kappa shape index (κ1) is 15.6. The van der Waals surface area contributed by atoms with Crippen LogP contribution in [0, 0.1) is 0 Å². The van der Waals surface area contributed by atoms with Crippen LogP contribution in [0.5, 0.6) is 6.01 Å². The van der Waals surface area contributed by atoms with Crippen LogP contribution in [0.1, 0.15) is 20.3 Å². The average molecular weight is 287 g/mol. The van der Waals surface area contributed by atoms with Gasteiger partial charge in [-0.3, -0.25) is 4.21 Å². The minimum absolute atomic E-state index is 0.130. The van der Waals surface area contributed by atoms with E-state index >= 15 is 0 Å². The SMILES string of the molecule is CCNc1nc(NC(C)CCS(C)=O)nc(OC)n1. The molecule has 0 aromatic carbocycles. The second kappa shape index (κ2) is 7.88. The summed E-state index contributed by atoms with van der Waals surface area (Å²) in [4.78, 5) is 12.4. The molecule has 0 radical (unpaired) electrons. The number of nitrogens with one attached hydrogen (secondary N) is 2. The van der Waals surface area contributed by atoms with E-state index < -0.39 is 10.8 Å². The van der Waals surface area contributed by atoms with E-state index in [2.05, 4.69) is 25.6 Å². The van der Waals surface area contributed by atoms with E-state index in [1.54, 1.807) is 6.26 Å². The fourth-order valence-electron chi connectivity index (χ4n) is 1.38. The second-order valence-electron chi connectivity index (χ2n) is 4.11. The average Bonchev–Trinajstić information content (AvgIpc) is 2.36. The van der Waals surface area contributed by atoms with Gasteiger partial charge in [-0.1, -0.05) is 0 Å². The Bertz CT molecular complexity index is 430. The molecule has 0 bridgehead atoms. The number of aromatic nitrogens is 3. The minimum Gasteiger partial charge on any atom is -0.467 e. The van der Waals surface area contributed by atoms with Crippen LogP contribution in [-0.2, 0) is 10.8 Å². The normalized spacial score (nSPS) is 13.7. The van der Waals surface area contributed by atoms with Gasteiger partial charge in [0.05, 0.1) is 7.11 Å². The van der Waals surface area contributed by atoms with E-state index in [4.69, 9.17) is 4.74 Å². The number of hydrogen-bond acceptors (Lipinski definition) is 7. The first-order chi connectivity index (χ1) is 9.05. The molecule has 0 aliphatic carbocycles. The molecule has 19 heavy (non-hydrogen) atoms. The molecule has 108 valence electrons. The smallest absolute Gasteiger partial charge is 0.322 e. The van der Waals surface area contributed by atoms with Crippen LogP contribution < -0.4 is 15.4 Å². The molecule has 7 nitrogen and oxygen atoms in total. The van der Waals surface area contributed by atoms with Crippen molar-refractivity contribution in [2.75, 3.05) is 36.3 Å². The third kappa shape index (κ3) is 5.82. The van der Waals surface area contributed by atoms with Gasteiger partial charge in [0, 0.05) is 35.4 Å². The number of rotatable bonds is 8. The van der Waals surface area contributed by atoms with Crippen molar-refractivity contribution in [2.24, 2.45) is 0 Å². The number of anilines is 2. The van der Waals surface area contributed by atoms with Gasteiger partial charge in [0.1, 0.15) is 0 Å². The molecule has 1 rings (SSSR count). The molecule has 0 amide bonds. The van der Waals surface area contributed by atoms with Gasteiger partial charge < -0.3 is 15.4 Å². The zero-order chi connectivity index (χ0) is 14.3. The van der Waals surface area contributed by atoms with E-state index in [9.17, 15) is 4.21 Å². The Kier molecular flexibility index (Phi) is 6.48. The highest BCUT2D eigenvalue weighted by Crippen LogP contribution is 2.12. The van der Waals surface area contributed by atoms with Crippen molar-refractivity contribution < 1.29 is 8.95 Å². The molecule has 0 aliphatic heterocycles. The van der Waals surface area contributed by atoms with E-state index in [1.165, 1.54) is 7.11 Å². The monoisotopic (exact) mass is 287 g/mol. The van der Waals surface area contributed by atoms with Crippen molar-refractivity contribution in [3.05, 3.63) is 0 Å². The van der Waals surface area contributed by atoms with Gasteiger partial charge in [-0.2, -0.15) is 15.0 Å². The van der Waals surface area contributed by atoms with E-state index in [0.29, 0.717) is 17.6 Å². The maximum absolute atomic E-state index is 11.1. The summed E-state index contributed by atoms with van der Waals surface area (Å²) in [5.74, 6) is 1.58. The lowest BCUT2D eigenvalue weighted by Gasteiger charge is -2.14. The predicted octanol–water partition coefficient (Wildman–Crippen LogP) is 0.881. The summed E-state index contributed by atoms with van der Waals surface area (Å²) in [6.07, 6.45) is 2.48. The summed E-state index contributed by atoms with van der Waals surface area (Å²) in [5.41, 5.74) is 0. The topological polar surface area (TPSA) is 89.0 Å². The van der Waals surface area contributed by atoms with Gasteiger partial charge in [0.25, 0.3) is 0 Å². The quantitative estimate of drug-likeness (QED) is 0.733. The number of ether oxygens (including phenoxy) is 1. The second-order valence-corrected chi connectivity index (χ2v) is 5.67. The lowest BCUT2D eigenvalue weighted by molar-refractivity contribution is 0.379. The highest BCUT2D eigenvalue weighted by molar-refractivity contribution is 7.84. The maximum atomic E-state index is 11.1. The molecule has 0 saturated carbocycles. The molecule has 0 aliphatic rings. The first-order valence-electron chi connectivity index (χ1n) is 6.15. The Labute approximate surface area is 116 Å². The molecule has 8 heteroatoms. The van der Waals surface area contributed by atoms with Crippen molar-refractivity contribution in [1.29, 1.82) is 0 Å². The molecule has 0 saturated heterocycles. The highest BCUT2D eigenvalue weighted by Gasteiger charge is 2.09. The summed E-state index contributed by atoms with van der Waals surface area (Å²) in [7, 11) is 0.725. The lowest BCUT2D eigenvalue weighted by Crippen LogP contribution is -2.20. The molecular weight excluding hydrogens is 266 g/mol. The molecule has 1 heterocycles. The fourth-order valence-corrected chi connectivity index (χ4v) is 2.07. The van der Waals surface area contributed by atoms with Crippen LogP contribution in [0.25, 0.3) is 0 Å². The summed E-state index contributed by atoms with van der Waals surface area (Å²) >= 11 is 0. The van der Waals surface area contributed by atoms with Gasteiger partial charge in [-0.05, 0) is 20.3 Å². The third-order valence-corrected chi connectivity index (χ3v) is 3.16. The minimum atomic E-state index is -0.788. The van der Waals surface area contributed by atoms with Crippen molar-refractivity contribution >= 4 is 22.7 Å². The number of methoxy groups -OCH3 is 1. The Morgan fingerprint density at radius 1 is 1.32 bits per heavy atom. The number of nitrogens with zero attached hydrogens (tertiary/aromatic N) is 3. The fraction of sp³-hybridized carbons (Fsp3) is 0.727. The Hall–Kier alpha value is -1.44. The Balaban J connectivity index is 2.70. The van der Waals surface area contributed by atoms with Crippen LogP contribution in [0.2, 0.25) is 0 Å². The van der Waals surface area contributed by atoms with E-state index in [1.807, 2.05) is 13.8 Å². The zero-order valence-corrected chi connectivity index (χ0v) is 12.6. The predicted molar refractivity (Wildman–Crippen MR) is 77.2 cm³/mol. The third-order valence-electron chi connectivity index (χ3n) is 2.35. The molecule has 1 aromatic rings. The van der Waals surface area contributed by atoms with Gasteiger partial charge in [0.15, 0.2) is 0 Å². The van der Waals surface area contributed by atoms with Gasteiger partial charge in [-0.25, -0.2) is 0 Å². The summed E-state index contributed by atoms with van der Waals surface area (Å²) in [6, 6.07) is 0.394. The van der Waals surface area contributed by atoms with Crippen molar-refractivity contribution in [3.63, 3.8) is 0 Å². The van der Waals surface area contributed by atoms with Crippen molar-refractivity contribution in [3.8, 4) is 6.01 Å². The van der Waals surface area contributed by atoms with Crippen LogP contribution in [0.15, 0.2) is 0 Å². The van der Waals surface area contributed by atoms with Gasteiger partial charge in [-0.15, -0.1) is 0 Å². The van der Waals surface area contributed by atoms with E-state index in [0.717, 1.165) is 13.0 Å². The summed E-state index contributed by atoms with van der Waals surface area (Å²) in [5, 5.41) is 6.17. The van der Waals surface area contributed by atoms with Crippen molar-refractivity contribution in [2.45, 2.75) is 26.3 Å². The molecule has 2 atom stereocenters. The lowest BCUT2D eigenvalue weighted by atomic mass is 10.3. The Morgan fingerprint density at radius 3 is 2.58 bits per heavy atom. The van der Waals surface area contributed by atoms with Crippen molar-refractivity contribution in [1.82, 2.24) is 15.0 Å². The molecule has 1 aromatic heterocycles. The molecular formula is C11H21N5O2S.